The Hall–Kier alpha value is -2.66. The number of esters is 1. The number of fused-ring (bicyclic) bond motifs is 3. The topological polar surface area (TPSA) is 81.0 Å². The van der Waals surface area contributed by atoms with Crippen LogP contribution in [0.25, 0.3) is 10.9 Å². The lowest BCUT2D eigenvalue weighted by Gasteiger charge is -2.46. The molecule has 0 spiro atoms. The molecule has 1 N–H and O–H groups in total. The van der Waals surface area contributed by atoms with Gasteiger partial charge in [-0.05, 0) is 13.1 Å². The number of likely N-dealkylation sites (N-methyl/N-ethyl adjacent to an activating group) is 1. The van der Waals surface area contributed by atoms with Gasteiger partial charge in [-0.1, -0.05) is 18.2 Å². The molecule has 2 bridgehead atoms. The zero-order valence-corrected chi connectivity index (χ0v) is 17.3. The van der Waals surface area contributed by atoms with E-state index in [1.165, 1.54) is 0 Å². The van der Waals surface area contributed by atoms with Crippen molar-refractivity contribution in [2.45, 2.75) is 43.8 Å². The summed E-state index contributed by atoms with van der Waals surface area (Å²) in [7, 11) is 2.11. The molecule has 1 aromatic carbocycles. The summed E-state index contributed by atoms with van der Waals surface area (Å²) in [5, 5.41) is 7.94. The SMILES string of the molecule is CN1C2COCC1CC(OC(=O)c1cn(CCF)c3ccccc13)C2.O=C(O)C(F)(F)F. The predicted octanol–water partition coefficient (Wildman–Crippen LogP) is 3.26. The van der Waals surface area contributed by atoms with Gasteiger partial charge in [0.1, 0.15) is 12.8 Å². The van der Waals surface area contributed by atoms with Gasteiger partial charge in [0.25, 0.3) is 0 Å². The van der Waals surface area contributed by atoms with Crippen molar-refractivity contribution in [3.8, 4) is 0 Å². The van der Waals surface area contributed by atoms with E-state index in [0.29, 0.717) is 30.9 Å². The molecule has 4 rings (SSSR count). The van der Waals surface area contributed by atoms with E-state index in [0.717, 1.165) is 23.7 Å². The van der Waals surface area contributed by atoms with Crippen LogP contribution in [0.15, 0.2) is 30.5 Å². The monoisotopic (exact) mass is 460 g/mol. The molecule has 3 heterocycles. The Bertz CT molecular complexity index is 947. The van der Waals surface area contributed by atoms with Gasteiger partial charge in [-0.3, -0.25) is 4.90 Å². The predicted molar refractivity (Wildman–Crippen MR) is 106 cm³/mol. The van der Waals surface area contributed by atoms with Crippen molar-refractivity contribution in [1.82, 2.24) is 9.47 Å². The van der Waals surface area contributed by atoms with Gasteiger partial charge in [0.05, 0.1) is 25.3 Å². The van der Waals surface area contributed by atoms with Crippen LogP contribution < -0.4 is 0 Å². The molecule has 1 aromatic heterocycles. The number of para-hydroxylation sites is 1. The number of piperidine rings is 1. The lowest BCUT2D eigenvalue weighted by Crippen LogP contribution is -2.56. The van der Waals surface area contributed by atoms with E-state index >= 15 is 0 Å². The second-order valence-electron chi connectivity index (χ2n) is 7.75. The lowest BCUT2D eigenvalue weighted by molar-refractivity contribution is -0.192. The number of carbonyl (C=O) groups excluding carboxylic acids is 1. The Kier molecular flexibility index (Phi) is 7.40. The molecule has 2 unspecified atom stereocenters. The van der Waals surface area contributed by atoms with Crippen molar-refractivity contribution in [1.29, 1.82) is 0 Å². The molecule has 2 aliphatic heterocycles. The molecule has 0 radical (unpaired) electrons. The molecular weight excluding hydrogens is 436 g/mol. The molecule has 2 fully saturated rings. The molecule has 11 heteroatoms. The van der Waals surface area contributed by atoms with Gasteiger partial charge in [0.2, 0.25) is 0 Å². The Morgan fingerprint density at radius 3 is 2.34 bits per heavy atom. The summed E-state index contributed by atoms with van der Waals surface area (Å²) in [4.78, 5) is 24.0. The summed E-state index contributed by atoms with van der Waals surface area (Å²) in [5.74, 6) is -3.07. The van der Waals surface area contributed by atoms with E-state index in [4.69, 9.17) is 19.4 Å². The molecule has 0 saturated carbocycles. The second kappa shape index (κ2) is 9.86. The number of aliphatic carboxylic acids is 1. The number of carboxylic acid groups (broad SMARTS) is 1. The summed E-state index contributed by atoms with van der Waals surface area (Å²) in [6, 6.07) is 8.17. The van der Waals surface area contributed by atoms with Crippen LogP contribution in [0.1, 0.15) is 23.2 Å². The van der Waals surface area contributed by atoms with Crippen molar-refractivity contribution < 1.29 is 41.7 Å². The molecule has 176 valence electrons. The van der Waals surface area contributed by atoms with Crippen molar-refractivity contribution in [3.05, 3.63) is 36.0 Å². The standard InChI is InChI=1S/C19H23FN2O3.C2HF3O2/c1-21-13-8-15(9-14(21)12-24-11-13)25-19(23)17-10-22(7-6-20)18-5-3-2-4-16(17)18;3-2(4,5)1(6)7/h2-5,10,13-15H,6-9,11-12H2,1H3;(H,6,7). The van der Waals surface area contributed by atoms with Crippen LogP contribution in [0.5, 0.6) is 0 Å². The summed E-state index contributed by atoms with van der Waals surface area (Å²) in [6.45, 7) is 1.16. The molecule has 7 nitrogen and oxygen atoms in total. The molecule has 2 aromatic rings. The number of rotatable bonds is 4. The van der Waals surface area contributed by atoms with Crippen LogP contribution in [0.3, 0.4) is 0 Å². The first-order valence-corrected chi connectivity index (χ1v) is 10.1. The quantitative estimate of drug-likeness (QED) is 0.557. The number of hydrogen-bond donors (Lipinski definition) is 1. The maximum absolute atomic E-state index is 12.8. The number of morpholine rings is 1. The Morgan fingerprint density at radius 2 is 1.78 bits per heavy atom. The van der Waals surface area contributed by atoms with Crippen LogP contribution in [0, 0.1) is 0 Å². The fraction of sp³-hybridized carbons (Fsp3) is 0.524. The number of aryl methyl sites for hydroxylation is 1. The van der Waals surface area contributed by atoms with E-state index in [-0.39, 0.29) is 18.6 Å². The first-order chi connectivity index (χ1) is 15.1. The fourth-order valence-corrected chi connectivity index (χ4v) is 4.04. The average molecular weight is 460 g/mol. The number of nitrogens with zero attached hydrogens (tertiary/aromatic N) is 2. The summed E-state index contributed by atoms with van der Waals surface area (Å²) >= 11 is 0. The van der Waals surface area contributed by atoms with Crippen molar-refractivity contribution in [2.75, 3.05) is 26.9 Å². The van der Waals surface area contributed by atoms with Crippen LogP contribution in [0.4, 0.5) is 17.6 Å². The highest BCUT2D eigenvalue weighted by atomic mass is 19.4. The molecular formula is C21H24F4N2O5. The Labute approximate surface area is 181 Å². The maximum Gasteiger partial charge on any atom is 0.490 e. The van der Waals surface area contributed by atoms with Crippen LogP contribution in [0.2, 0.25) is 0 Å². The number of halogens is 4. The second-order valence-corrected chi connectivity index (χ2v) is 7.75. The van der Waals surface area contributed by atoms with E-state index in [1.54, 1.807) is 10.8 Å². The maximum atomic E-state index is 12.8. The van der Waals surface area contributed by atoms with Gasteiger partial charge in [-0.2, -0.15) is 13.2 Å². The van der Waals surface area contributed by atoms with Crippen LogP contribution in [-0.2, 0) is 20.8 Å². The van der Waals surface area contributed by atoms with E-state index in [1.807, 2.05) is 24.3 Å². The first-order valence-electron chi connectivity index (χ1n) is 10.1. The molecule has 32 heavy (non-hydrogen) atoms. The smallest absolute Gasteiger partial charge is 0.475 e. The number of hydrogen-bond acceptors (Lipinski definition) is 5. The normalized spacial score (nSPS) is 23.3. The third-order valence-electron chi connectivity index (χ3n) is 5.69. The largest absolute Gasteiger partial charge is 0.490 e. The van der Waals surface area contributed by atoms with Gasteiger partial charge < -0.3 is 19.1 Å². The number of alkyl halides is 4. The van der Waals surface area contributed by atoms with Gasteiger partial charge in [0.15, 0.2) is 0 Å². The number of aromatic nitrogens is 1. The minimum absolute atomic E-state index is 0.0918. The Balaban J connectivity index is 0.000000360. The van der Waals surface area contributed by atoms with E-state index in [9.17, 15) is 22.4 Å². The van der Waals surface area contributed by atoms with Gasteiger partial charge in [-0.15, -0.1) is 0 Å². The first kappa shape index (κ1) is 24.0. The van der Waals surface area contributed by atoms with Crippen LogP contribution >= 0.6 is 0 Å². The molecule has 0 amide bonds. The minimum Gasteiger partial charge on any atom is -0.475 e. The van der Waals surface area contributed by atoms with Gasteiger partial charge in [-0.25, -0.2) is 14.0 Å². The highest BCUT2D eigenvalue weighted by Gasteiger charge is 2.39. The number of benzene rings is 1. The molecule has 2 aliphatic rings. The van der Waals surface area contributed by atoms with Crippen LogP contribution in [-0.4, -0.2) is 77.8 Å². The van der Waals surface area contributed by atoms with Crippen molar-refractivity contribution in [3.63, 3.8) is 0 Å². The van der Waals surface area contributed by atoms with Gasteiger partial charge >= 0.3 is 18.1 Å². The van der Waals surface area contributed by atoms with Crippen molar-refractivity contribution in [2.24, 2.45) is 0 Å². The number of carboxylic acids is 1. The zero-order chi connectivity index (χ0) is 23.5. The lowest BCUT2D eigenvalue weighted by atomic mass is 9.92. The van der Waals surface area contributed by atoms with Gasteiger partial charge in [0, 0.05) is 42.0 Å². The van der Waals surface area contributed by atoms with E-state index in [2.05, 4.69) is 11.9 Å². The average Bonchev–Trinajstić information content (AvgIpc) is 3.08. The molecule has 2 saturated heterocycles. The van der Waals surface area contributed by atoms with E-state index < -0.39 is 18.8 Å². The summed E-state index contributed by atoms with van der Waals surface area (Å²) in [5.41, 5.74) is 1.38. The number of carbonyl (C=O) groups is 2. The minimum atomic E-state index is -5.08. The molecule has 2 atom stereocenters. The summed E-state index contributed by atoms with van der Waals surface area (Å²) < 4.78 is 57.8. The zero-order valence-electron chi connectivity index (χ0n) is 17.3. The number of ether oxygens (including phenoxy) is 2. The highest BCUT2D eigenvalue weighted by Crippen LogP contribution is 2.29. The third kappa shape index (κ3) is 5.39. The van der Waals surface area contributed by atoms with Crippen molar-refractivity contribution >= 4 is 22.8 Å². The fourth-order valence-electron chi connectivity index (χ4n) is 4.04. The Morgan fingerprint density at radius 1 is 1.19 bits per heavy atom. The summed E-state index contributed by atoms with van der Waals surface area (Å²) in [6.07, 6.45) is -1.87. The third-order valence-corrected chi connectivity index (χ3v) is 5.69. The molecule has 0 aliphatic carbocycles. The highest BCUT2D eigenvalue weighted by molar-refractivity contribution is 6.04.